The van der Waals surface area contributed by atoms with Crippen molar-refractivity contribution in [3.8, 4) is 0 Å². The summed E-state index contributed by atoms with van der Waals surface area (Å²) in [6.45, 7) is 9.95. The third-order valence-electron chi connectivity index (χ3n) is 13.6. The smallest absolute Gasteiger partial charge is 1.00 e. The Kier molecular flexibility index (Phi) is 14.1. The number of rotatable bonds is 6. The molecule has 11 atom stereocenters. The molecule has 0 saturated heterocycles. The number of amidine groups is 3. The maximum absolute atomic E-state index is 14.2. The summed E-state index contributed by atoms with van der Waals surface area (Å²) in [6, 6.07) is 6.99. The topological polar surface area (TPSA) is 251 Å². The summed E-state index contributed by atoms with van der Waals surface area (Å²) in [7, 11) is 0. The van der Waals surface area contributed by atoms with Crippen molar-refractivity contribution in [1.82, 2.24) is 0 Å². The molecule has 0 aromatic heterocycles. The van der Waals surface area contributed by atoms with Crippen LogP contribution in [0.1, 0.15) is 78.9 Å². The first-order chi connectivity index (χ1) is 29.1. The van der Waals surface area contributed by atoms with Gasteiger partial charge in [-0.2, -0.15) is 0 Å². The number of fused-ring (bicyclic) bond motifs is 3. The van der Waals surface area contributed by atoms with E-state index in [0.29, 0.717) is 19.3 Å². The maximum Gasteiger partial charge on any atom is 1.00 e. The van der Waals surface area contributed by atoms with Crippen LogP contribution in [0, 0.1) is 52.7 Å². The van der Waals surface area contributed by atoms with Crippen molar-refractivity contribution in [3.63, 3.8) is 0 Å². The largest absolute Gasteiger partial charge is 1.00 e. The first kappa shape index (κ1) is 52.3. The summed E-state index contributed by atoms with van der Waals surface area (Å²) in [4.78, 5) is 25.0. The van der Waals surface area contributed by atoms with Crippen molar-refractivity contribution >= 4 is 82.0 Å². The molecule has 9 rings (SSSR count). The Hall–Kier alpha value is -3.65. The van der Waals surface area contributed by atoms with Gasteiger partial charge in [-0.3, -0.25) is 19.8 Å². The molecule has 3 aromatic rings. The molecule has 3 aliphatic heterocycles. The van der Waals surface area contributed by atoms with Crippen molar-refractivity contribution in [2.24, 2.45) is 49.9 Å². The van der Waals surface area contributed by atoms with Crippen LogP contribution >= 0.6 is 35.3 Å². The van der Waals surface area contributed by atoms with Crippen molar-refractivity contribution in [2.75, 3.05) is 17.2 Å². The Labute approximate surface area is 400 Å². The van der Waals surface area contributed by atoms with E-state index in [-0.39, 0.29) is 101 Å². The van der Waals surface area contributed by atoms with Crippen molar-refractivity contribution < 1.29 is 61.6 Å². The van der Waals surface area contributed by atoms with Crippen molar-refractivity contribution in [1.29, 1.82) is 0 Å². The zero-order valence-corrected chi connectivity index (χ0v) is 39.1. The fourth-order valence-corrected chi connectivity index (χ4v) is 14.1. The van der Waals surface area contributed by atoms with Gasteiger partial charge in [0, 0.05) is 59.9 Å². The van der Waals surface area contributed by atoms with Crippen LogP contribution < -0.4 is 53.3 Å². The number of aliphatic imine (C=N–C) groups is 3. The minimum Gasteiger partial charge on any atom is -1.00 e. The number of aliphatic hydroxyl groups excluding tert-OH is 2. The quantitative estimate of drug-likeness (QED) is 0.101. The van der Waals surface area contributed by atoms with Gasteiger partial charge in [-0.1, -0.05) is 35.3 Å². The predicted octanol–water partition coefficient (Wildman–Crippen LogP) is 2.83. The van der Waals surface area contributed by atoms with Crippen molar-refractivity contribution in [3.05, 3.63) is 88.0 Å². The number of hydrogen-bond acceptors (Lipinski definition) is 15. The van der Waals surface area contributed by atoms with Gasteiger partial charge in [-0.05, 0) is 97.2 Å². The number of nitrogens with zero attached hydrogens (tertiary/aromatic N) is 3. The summed E-state index contributed by atoms with van der Waals surface area (Å²) in [6.07, 6.45) is 0.603. The molecule has 3 fully saturated rings. The van der Waals surface area contributed by atoms with E-state index in [2.05, 4.69) is 15.0 Å². The van der Waals surface area contributed by atoms with Gasteiger partial charge >= 0.3 is 18.9 Å². The van der Waals surface area contributed by atoms with E-state index >= 15 is 0 Å². The average molecular weight is 957 g/mol. The van der Waals surface area contributed by atoms with Crippen LogP contribution in [0.15, 0.2) is 51.4 Å². The number of carbonyl (C=O) groups excluding carboxylic acids is 1. The summed E-state index contributed by atoms with van der Waals surface area (Å²) in [5.74, 6) is -6.38. The number of Topliss-reactive ketones (excluding diaryl/α,β-unsaturated/α-hetero) is 1. The number of hydrogen-bond donors (Lipinski definition) is 8. The maximum atomic E-state index is 14.2. The molecule has 0 bridgehead atoms. The van der Waals surface area contributed by atoms with Gasteiger partial charge in [0.05, 0.1) is 43.1 Å². The van der Waals surface area contributed by atoms with E-state index in [1.165, 1.54) is 60.4 Å². The van der Waals surface area contributed by atoms with Gasteiger partial charge in [0.1, 0.15) is 5.78 Å². The van der Waals surface area contributed by atoms with Crippen LogP contribution in [0.2, 0.25) is 0 Å². The number of anilines is 3. The van der Waals surface area contributed by atoms with E-state index in [1.807, 2.05) is 0 Å². The first-order valence-corrected chi connectivity index (χ1v) is 22.3. The third kappa shape index (κ3) is 8.51. The number of carbonyl (C=O) groups is 1. The molecule has 3 saturated carbocycles. The molecule has 3 aliphatic carbocycles. The number of halogens is 6. The fourth-order valence-electron chi connectivity index (χ4n) is 9.90. The number of aliphatic hydroxyl groups is 2. The molecule has 14 N–H and O–H groups in total. The van der Waals surface area contributed by atoms with Crippen LogP contribution in [-0.2, 0) is 21.4 Å². The number of thioether (sulfide) groups is 3. The molecule has 0 spiro atoms. The molecule has 0 unspecified atom stereocenters. The standard InChI is InChI=1S/2C14H17F2N3OS.C14H15F2N3OS.B.Li.H/c3*1-6(20)14-5-10(14)13(2,19-12(18)21-14)8-3-7(17)4-9(15)11(8)16;;;/h2*3-4,6,10,20H,5,17H2,1-2H3,(H2,18,19);3-4,10H,5,17H2,1-2H3,(H2,18,19);;;/q;;;;+1;-1/t6-,10+,13-,14-;6-,10-,13+,14+;10-,13+,14+;;;/m100.../s1. The number of ketones is 1. The van der Waals surface area contributed by atoms with Gasteiger partial charge < -0.3 is 46.0 Å². The Bertz CT molecular complexity index is 2450. The molecule has 345 valence electrons. The van der Waals surface area contributed by atoms with Crippen LogP contribution in [0.5, 0.6) is 0 Å². The second kappa shape index (κ2) is 17.5. The molecule has 12 nitrogen and oxygen atoms in total. The zero-order chi connectivity index (χ0) is 46.7. The Morgan fingerprint density at radius 2 is 0.892 bits per heavy atom. The molecule has 6 aliphatic rings. The van der Waals surface area contributed by atoms with E-state index in [4.69, 9.17) is 34.4 Å². The summed E-state index contributed by atoms with van der Waals surface area (Å²) >= 11 is 3.84. The van der Waals surface area contributed by atoms with Gasteiger partial charge in [0.15, 0.2) is 50.4 Å². The minimum absolute atomic E-state index is 0. The molecule has 0 amide bonds. The third-order valence-corrected chi connectivity index (χ3v) is 17.9. The van der Waals surface area contributed by atoms with Crippen LogP contribution in [0.4, 0.5) is 43.4 Å². The minimum atomic E-state index is -1.08. The fraction of sp³-hybridized carbons (Fsp3) is 0.476. The number of nitrogen functional groups attached to an aromatic ring is 3. The van der Waals surface area contributed by atoms with E-state index in [0.717, 1.165) is 18.2 Å². The normalized spacial score (nSPS) is 34.2. The summed E-state index contributed by atoms with van der Waals surface area (Å²) in [5, 5.41) is 20.8. The number of benzene rings is 3. The van der Waals surface area contributed by atoms with Crippen LogP contribution in [-0.4, -0.2) is 66.4 Å². The van der Waals surface area contributed by atoms with Gasteiger partial charge in [-0.15, -0.1) is 0 Å². The van der Waals surface area contributed by atoms with E-state index < -0.39 is 78.0 Å². The average Bonchev–Trinajstić information content (AvgIpc) is 4.07. The first-order valence-electron chi connectivity index (χ1n) is 19.9. The molecule has 3 heterocycles. The zero-order valence-electron chi connectivity index (χ0n) is 37.7. The predicted molar refractivity (Wildman–Crippen MR) is 245 cm³/mol. The SMILES string of the molecule is CC(=O)[C@]12C[C@H]1[C@@](C)(c1cc(N)cc(F)c1F)N=C(N)S2.C[C@@H](O)[C@]12C[C@H]1[C@@](C)(c1cc(N)cc(F)c1F)N=C(N)S2.C[C@H](O)[C@]12C[C@H]1[C@@](C)(c1cc(N)cc(F)c1F)N=C(N)S2.[B].[H-].[Li+]. The molecule has 65 heavy (non-hydrogen) atoms. The van der Waals surface area contributed by atoms with E-state index in [9.17, 15) is 41.4 Å². The molecule has 23 heteroatoms. The summed E-state index contributed by atoms with van der Waals surface area (Å²) in [5.41, 5.74) is 32.0. The monoisotopic (exact) mass is 956 g/mol. The van der Waals surface area contributed by atoms with Gasteiger partial charge in [0.2, 0.25) is 0 Å². The van der Waals surface area contributed by atoms with Gasteiger partial charge in [-0.25, -0.2) is 26.3 Å². The molecule has 3 aromatic carbocycles. The molecular weight excluding hydrogens is 906 g/mol. The van der Waals surface area contributed by atoms with E-state index in [1.54, 1.807) is 34.6 Å². The molecule has 3 radical (unpaired) electrons. The van der Waals surface area contributed by atoms with Crippen LogP contribution in [0.3, 0.4) is 0 Å². The second-order valence-electron chi connectivity index (χ2n) is 17.7. The number of nitrogens with two attached hydrogens (primary N) is 6. The van der Waals surface area contributed by atoms with Gasteiger partial charge in [0.25, 0.3) is 0 Å². The Morgan fingerprint density at radius 3 is 1.18 bits per heavy atom. The second-order valence-corrected chi connectivity index (χ2v) is 21.8. The summed E-state index contributed by atoms with van der Waals surface area (Å²) < 4.78 is 82.1. The molecular formula is C42H50BF6LiN9O3S3. The van der Waals surface area contributed by atoms with Crippen molar-refractivity contribution in [2.45, 2.75) is 104 Å². The van der Waals surface area contributed by atoms with Crippen LogP contribution in [0.25, 0.3) is 0 Å². The Morgan fingerprint density at radius 1 is 0.600 bits per heavy atom. The Balaban J connectivity index is 0.000000212.